The van der Waals surface area contributed by atoms with Gasteiger partial charge >= 0.3 is 0 Å². The maximum Gasteiger partial charge on any atom is 0.219 e. The minimum Gasteiger partial charge on any atom is -0.354 e. The van der Waals surface area contributed by atoms with Gasteiger partial charge in [0.15, 0.2) is 0 Å². The van der Waals surface area contributed by atoms with E-state index < -0.39 is 0 Å². The van der Waals surface area contributed by atoms with E-state index in [4.69, 9.17) is 0 Å². The second-order valence-electron chi connectivity index (χ2n) is 5.58. The highest BCUT2D eigenvalue weighted by Crippen LogP contribution is 2.24. The van der Waals surface area contributed by atoms with Gasteiger partial charge in [0, 0.05) is 31.9 Å². The number of aromatic nitrogens is 1. The number of nitrogens with one attached hydrogen (secondary N) is 1. The van der Waals surface area contributed by atoms with E-state index in [0.717, 1.165) is 22.6 Å². The first kappa shape index (κ1) is 16.5. The molecule has 0 atom stereocenters. The molecule has 0 aliphatic carbocycles. The van der Waals surface area contributed by atoms with Crippen LogP contribution in [0.4, 0.5) is 11.4 Å². The summed E-state index contributed by atoms with van der Waals surface area (Å²) in [6.07, 6.45) is 0. The van der Waals surface area contributed by atoms with Crippen molar-refractivity contribution in [3.63, 3.8) is 0 Å². The molecule has 5 heteroatoms. The lowest BCUT2D eigenvalue weighted by Gasteiger charge is -2.16. The van der Waals surface area contributed by atoms with Crippen LogP contribution >= 0.6 is 0 Å². The number of nitriles is 1. The van der Waals surface area contributed by atoms with Gasteiger partial charge in [0.1, 0.15) is 6.07 Å². The lowest BCUT2D eigenvalue weighted by Crippen LogP contribution is -2.22. The molecule has 0 unspecified atom stereocenters. The molecule has 1 amide bonds. The second kappa shape index (κ2) is 6.93. The molecule has 0 aliphatic heterocycles. The Hall–Kier alpha value is -2.87. The Morgan fingerprint density at radius 3 is 2.74 bits per heavy atom. The average Bonchev–Trinajstić information content (AvgIpc) is 2.47. The van der Waals surface area contributed by atoms with Crippen LogP contribution in [-0.2, 0) is 11.3 Å². The SMILES string of the molecule is CC(=O)N(C)Cc1cccc(Nc2cc(C)nc(C)c2C#N)c1. The molecular formula is C18H20N4O. The molecule has 1 aromatic heterocycles. The molecule has 0 saturated heterocycles. The Bertz CT molecular complexity index is 777. The van der Waals surface area contributed by atoms with E-state index in [0.29, 0.717) is 17.8 Å². The summed E-state index contributed by atoms with van der Waals surface area (Å²) in [5.41, 5.74) is 4.75. The number of hydrogen-bond acceptors (Lipinski definition) is 4. The summed E-state index contributed by atoms with van der Waals surface area (Å²) in [5, 5.41) is 12.6. The predicted octanol–water partition coefficient (Wildman–Crippen LogP) is 3.29. The average molecular weight is 308 g/mol. The molecule has 2 rings (SSSR count). The summed E-state index contributed by atoms with van der Waals surface area (Å²) in [5.74, 6) is 0.0236. The number of benzene rings is 1. The van der Waals surface area contributed by atoms with Crippen LogP contribution < -0.4 is 5.32 Å². The molecule has 0 radical (unpaired) electrons. The van der Waals surface area contributed by atoms with E-state index in [1.54, 1.807) is 18.9 Å². The lowest BCUT2D eigenvalue weighted by atomic mass is 10.1. The van der Waals surface area contributed by atoms with E-state index in [2.05, 4.69) is 16.4 Å². The van der Waals surface area contributed by atoms with Crippen molar-refractivity contribution in [3.05, 3.63) is 52.8 Å². The third-order valence-electron chi connectivity index (χ3n) is 3.60. The molecule has 1 N–H and O–H groups in total. The van der Waals surface area contributed by atoms with E-state index in [-0.39, 0.29) is 5.91 Å². The second-order valence-corrected chi connectivity index (χ2v) is 5.58. The fourth-order valence-corrected chi connectivity index (χ4v) is 2.36. The maximum atomic E-state index is 11.3. The molecule has 1 heterocycles. The Balaban J connectivity index is 2.28. The number of aryl methyl sites for hydroxylation is 2. The van der Waals surface area contributed by atoms with Crippen LogP contribution in [0.5, 0.6) is 0 Å². The van der Waals surface area contributed by atoms with E-state index in [1.807, 2.05) is 44.2 Å². The van der Waals surface area contributed by atoms with E-state index in [1.165, 1.54) is 0 Å². The summed E-state index contributed by atoms with van der Waals surface area (Å²) in [6.45, 7) is 5.82. The molecule has 0 fully saturated rings. The zero-order valence-corrected chi connectivity index (χ0v) is 13.8. The van der Waals surface area contributed by atoms with Crippen LogP contribution in [0, 0.1) is 25.2 Å². The molecule has 0 saturated carbocycles. The predicted molar refractivity (Wildman–Crippen MR) is 90.3 cm³/mol. The van der Waals surface area contributed by atoms with Crippen LogP contribution in [0.3, 0.4) is 0 Å². The van der Waals surface area contributed by atoms with Gasteiger partial charge in [-0.1, -0.05) is 12.1 Å². The van der Waals surface area contributed by atoms with Gasteiger partial charge in [-0.2, -0.15) is 5.26 Å². The molecule has 23 heavy (non-hydrogen) atoms. The standard InChI is InChI=1S/C18H20N4O/c1-12-8-18(17(10-19)13(2)20-12)21-16-7-5-6-15(9-16)11-22(4)14(3)23/h5-9H,11H2,1-4H3,(H,20,21). The van der Waals surface area contributed by atoms with Gasteiger partial charge < -0.3 is 10.2 Å². The molecule has 0 aliphatic rings. The number of anilines is 2. The molecule has 118 valence electrons. The van der Waals surface area contributed by atoms with Gasteiger partial charge in [0.25, 0.3) is 0 Å². The third kappa shape index (κ3) is 4.07. The Kier molecular flexibility index (Phi) is 4.97. The summed E-state index contributed by atoms with van der Waals surface area (Å²) in [6, 6.07) is 11.9. The number of carbonyl (C=O) groups excluding carboxylic acids is 1. The highest BCUT2D eigenvalue weighted by atomic mass is 16.2. The number of rotatable bonds is 4. The summed E-state index contributed by atoms with van der Waals surface area (Å²) in [4.78, 5) is 17.3. The molecule has 0 spiro atoms. The fraction of sp³-hybridized carbons (Fsp3) is 0.278. The van der Waals surface area contributed by atoms with Crippen LogP contribution in [-0.4, -0.2) is 22.8 Å². The Labute approximate surface area is 136 Å². The summed E-state index contributed by atoms with van der Waals surface area (Å²) in [7, 11) is 1.77. The zero-order valence-electron chi connectivity index (χ0n) is 13.8. The zero-order chi connectivity index (χ0) is 17.0. The van der Waals surface area contributed by atoms with Crippen molar-refractivity contribution in [1.29, 1.82) is 5.26 Å². The third-order valence-corrected chi connectivity index (χ3v) is 3.60. The number of hydrogen-bond donors (Lipinski definition) is 1. The van der Waals surface area contributed by atoms with E-state index >= 15 is 0 Å². The van der Waals surface area contributed by atoms with Gasteiger partial charge in [0.05, 0.1) is 16.9 Å². The molecule has 5 nitrogen and oxygen atoms in total. The normalized spacial score (nSPS) is 10.0. The first-order valence-electron chi connectivity index (χ1n) is 7.36. The molecule has 0 bridgehead atoms. The van der Waals surface area contributed by atoms with E-state index in [9.17, 15) is 10.1 Å². The van der Waals surface area contributed by atoms with Crippen LogP contribution in [0.2, 0.25) is 0 Å². The monoisotopic (exact) mass is 308 g/mol. The van der Waals surface area contributed by atoms with Crippen LogP contribution in [0.25, 0.3) is 0 Å². The lowest BCUT2D eigenvalue weighted by molar-refractivity contribution is -0.128. The maximum absolute atomic E-state index is 11.3. The number of amides is 1. The topological polar surface area (TPSA) is 69.0 Å². The highest BCUT2D eigenvalue weighted by Gasteiger charge is 2.09. The number of pyridine rings is 1. The van der Waals surface area contributed by atoms with Crippen molar-refractivity contribution in [3.8, 4) is 6.07 Å². The van der Waals surface area contributed by atoms with Crippen molar-refractivity contribution in [2.24, 2.45) is 0 Å². The smallest absolute Gasteiger partial charge is 0.219 e. The first-order chi connectivity index (χ1) is 10.9. The molecular weight excluding hydrogens is 288 g/mol. The first-order valence-corrected chi connectivity index (χ1v) is 7.36. The molecule has 2 aromatic rings. The van der Waals surface area contributed by atoms with Gasteiger partial charge in [-0.3, -0.25) is 9.78 Å². The quantitative estimate of drug-likeness (QED) is 0.941. The van der Waals surface area contributed by atoms with Crippen molar-refractivity contribution >= 4 is 17.3 Å². The Morgan fingerprint density at radius 2 is 2.09 bits per heavy atom. The molecule has 1 aromatic carbocycles. The van der Waals surface area contributed by atoms with Gasteiger partial charge in [-0.25, -0.2) is 0 Å². The van der Waals surface area contributed by atoms with Gasteiger partial charge in [0.2, 0.25) is 5.91 Å². The highest BCUT2D eigenvalue weighted by molar-refractivity contribution is 5.73. The fourth-order valence-electron chi connectivity index (χ4n) is 2.36. The minimum atomic E-state index is 0.0236. The van der Waals surface area contributed by atoms with Crippen LogP contribution in [0.15, 0.2) is 30.3 Å². The van der Waals surface area contributed by atoms with Crippen LogP contribution in [0.1, 0.15) is 29.4 Å². The van der Waals surface area contributed by atoms with Gasteiger partial charge in [-0.05, 0) is 37.6 Å². The summed E-state index contributed by atoms with van der Waals surface area (Å²) < 4.78 is 0. The van der Waals surface area contributed by atoms with Crippen molar-refractivity contribution in [2.75, 3.05) is 12.4 Å². The number of carbonyl (C=O) groups is 1. The minimum absolute atomic E-state index is 0.0236. The van der Waals surface area contributed by atoms with Crippen molar-refractivity contribution < 1.29 is 4.79 Å². The summed E-state index contributed by atoms with van der Waals surface area (Å²) >= 11 is 0. The Morgan fingerprint density at radius 1 is 1.35 bits per heavy atom. The number of nitrogens with zero attached hydrogens (tertiary/aromatic N) is 3. The van der Waals surface area contributed by atoms with Gasteiger partial charge in [-0.15, -0.1) is 0 Å². The van der Waals surface area contributed by atoms with Crippen molar-refractivity contribution in [1.82, 2.24) is 9.88 Å². The largest absolute Gasteiger partial charge is 0.354 e. The van der Waals surface area contributed by atoms with Crippen molar-refractivity contribution in [2.45, 2.75) is 27.3 Å².